The van der Waals surface area contributed by atoms with Crippen LogP contribution in [-0.2, 0) is 35.8 Å². The number of ketones is 1. The van der Waals surface area contributed by atoms with Crippen LogP contribution in [0.3, 0.4) is 0 Å². The standard InChI is InChI=1S/C21H22O4S2/c1-18(2)17(22)19(3,4)21(18)26(23)20(25-27(21)24,15-11-7-5-8-12-15)16-13-9-6-10-14-16/h5-14H,1-4H3/t26-,27-/m1/s1. The van der Waals surface area contributed by atoms with Crippen LogP contribution in [0.25, 0.3) is 0 Å². The van der Waals surface area contributed by atoms with Gasteiger partial charge >= 0.3 is 0 Å². The van der Waals surface area contributed by atoms with Crippen LogP contribution in [-0.4, -0.2) is 18.3 Å². The van der Waals surface area contributed by atoms with E-state index in [-0.39, 0.29) is 5.78 Å². The average Bonchev–Trinajstić information content (AvgIpc) is 2.92. The van der Waals surface area contributed by atoms with Gasteiger partial charge in [0.05, 0.1) is 21.6 Å². The van der Waals surface area contributed by atoms with Crippen molar-refractivity contribution in [3.05, 3.63) is 71.8 Å². The lowest BCUT2D eigenvalue weighted by molar-refractivity contribution is -0.153. The van der Waals surface area contributed by atoms with Crippen LogP contribution in [0, 0.1) is 10.8 Å². The van der Waals surface area contributed by atoms with Crippen molar-refractivity contribution in [2.24, 2.45) is 10.8 Å². The summed E-state index contributed by atoms with van der Waals surface area (Å²) in [6.45, 7) is 6.91. The predicted octanol–water partition coefficient (Wildman–Crippen LogP) is 3.66. The first kappa shape index (κ1) is 18.7. The van der Waals surface area contributed by atoms with E-state index in [1.807, 2.05) is 60.7 Å². The Bertz CT molecular complexity index is 907. The quantitative estimate of drug-likeness (QED) is 0.769. The van der Waals surface area contributed by atoms with Gasteiger partial charge in [0.2, 0.25) is 4.93 Å². The van der Waals surface area contributed by atoms with Crippen LogP contribution in [0.4, 0.5) is 0 Å². The Hall–Kier alpha value is -1.63. The molecule has 1 saturated heterocycles. The molecule has 4 nitrogen and oxygen atoms in total. The van der Waals surface area contributed by atoms with Gasteiger partial charge < -0.3 is 0 Å². The maximum absolute atomic E-state index is 14.3. The summed E-state index contributed by atoms with van der Waals surface area (Å²) in [5, 5.41) is 0. The molecule has 4 rings (SSSR count). The van der Waals surface area contributed by atoms with Crippen LogP contribution in [0.15, 0.2) is 60.7 Å². The Kier molecular flexibility index (Phi) is 3.94. The van der Waals surface area contributed by atoms with Gasteiger partial charge in [0.1, 0.15) is 5.78 Å². The van der Waals surface area contributed by atoms with Crippen LogP contribution in [0.1, 0.15) is 38.8 Å². The summed E-state index contributed by atoms with van der Waals surface area (Å²) >= 11 is -1.92. The zero-order valence-electron chi connectivity index (χ0n) is 15.7. The van der Waals surface area contributed by atoms with E-state index in [1.165, 1.54) is 0 Å². The fourth-order valence-electron chi connectivity index (χ4n) is 4.93. The number of rotatable bonds is 2. The third-order valence-electron chi connectivity index (χ3n) is 6.04. The summed E-state index contributed by atoms with van der Waals surface area (Å²) in [5.74, 6) is -0.0442. The van der Waals surface area contributed by atoms with Crippen molar-refractivity contribution in [2.45, 2.75) is 36.7 Å². The molecule has 0 N–H and O–H groups in total. The number of carbonyl (C=O) groups excluding carboxylic acids is 1. The van der Waals surface area contributed by atoms with Crippen molar-refractivity contribution in [3.63, 3.8) is 0 Å². The molecule has 2 aromatic rings. The predicted molar refractivity (Wildman–Crippen MR) is 106 cm³/mol. The normalized spacial score (nSPS) is 29.4. The highest BCUT2D eigenvalue weighted by Crippen LogP contribution is 2.70. The Labute approximate surface area is 164 Å². The minimum Gasteiger partial charge on any atom is -0.298 e. The molecule has 2 aromatic carbocycles. The summed E-state index contributed by atoms with van der Waals surface area (Å²) in [4.78, 5) is 11.4. The van der Waals surface area contributed by atoms with Crippen molar-refractivity contribution in [1.82, 2.24) is 0 Å². The molecule has 27 heavy (non-hydrogen) atoms. The van der Waals surface area contributed by atoms with Gasteiger partial charge in [-0.25, -0.2) is 4.21 Å². The highest BCUT2D eigenvalue weighted by atomic mass is 32.3. The van der Waals surface area contributed by atoms with Gasteiger partial charge in [-0.2, -0.15) is 0 Å². The average molecular weight is 403 g/mol. The third kappa shape index (κ3) is 1.94. The molecule has 1 saturated carbocycles. The number of benzene rings is 2. The monoisotopic (exact) mass is 402 g/mol. The molecule has 0 aromatic heterocycles. The van der Waals surface area contributed by atoms with Gasteiger partial charge in [0.15, 0.2) is 15.2 Å². The summed E-state index contributed by atoms with van der Waals surface area (Å²) in [5.41, 5.74) is -0.689. The molecule has 142 valence electrons. The largest absolute Gasteiger partial charge is 0.298 e. The lowest BCUT2D eigenvalue weighted by Crippen LogP contribution is -2.76. The molecule has 0 bridgehead atoms. The molecule has 0 unspecified atom stereocenters. The Morgan fingerprint density at radius 1 is 0.741 bits per heavy atom. The van der Waals surface area contributed by atoms with Crippen molar-refractivity contribution in [1.29, 1.82) is 0 Å². The fourth-order valence-corrected chi connectivity index (χ4v) is 10.1. The van der Waals surface area contributed by atoms with Crippen molar-refractivity contribution in [3.8, 4) is 0 Å². The van der Waals surface area contributed by atoms with Crippen molar-refractivity contribution >= 4 is 27.7 Å². The highest BCUT2D eigenvalue weighted by molar-refractivity contribution is 8.05. The SMILES string of the molecule is CC1(C)C(=O)C(C)(C)C12[S@](=O)OC(c1ccccc1)(c1ccccc1)[S@]2=O. The number of hydrogen-bond acceptors (Lipinski definition) is 4. The van der Waals surface area contributed by atoms with Gasteiger partial charge in [-0.1, -0.05) is 88.4 Å². The zero-order valence-corrected chi connectivity index (χ0v) is 17.4. The molecule has 1 aliphatic heterocycles. The first-order chi connectivity index (χ1) is 12.6. The van der Waals surface area contributed by atoms with Gasteiger partial charge in [-0.15, -0.1) is 0 Å². The van der Waals surface area contributed by atoms with Gasteiger partial charge in [0, 0.05) is 11.1 Å². The molecule has 0 amide bonds. The molecular formula is C21H22O4S2. The molecule has 1 aliphatic carbocycles. The molecule has 0 radical (unpaired) electrons. The van der Waals surface area contributed by atoms with Crippen molar-refractivity contribution in [2.75, 3.05) is 0 Å². The first-order valence-electron chi connectivity index (χ1n) is 8.84. The molecular weight excluding hydrogens is 380 g/mol. The van der Waals surface area contributed by atoms with E-state index in [1.54, 1.807) is 27.7 Å². The number of hydrogen-bond donors (Lipinski definition) is 0. The lowest BCUT2D eigenvalue weighted by Gasteiger charge is -2.60. The zero-order chi connectivity index (χ0) is 19.7. The van der Waals surface area contributed by atoms with E-state index in [0.29, 0.717) is 11.1 Å². The van der Waals surface area contributed by atoms with Crippen LogP contribution >= 0.6 is 0 Å². The summed E-state index contributed by atoms with van der Waals surface area (Å²) in [6, 6.07) is 18.5. The topological polar surface area (TPSA) is 60.4 Å². The maximum Gasteiger partial charge on any atom is 0.211 e. The highest BCUT2D eigenvalue weighted by Gasteiger charge is 2.85. The molecule has 2 aliphatic rings. The fraction of sp³-hybridized carbons (Fsp3) is 0.381. The second kappa shape index (κ2) is 5.69. The minimum atomic E-state index is -1.92. The molecule has 2 fully saturated rings. The van der Waals surface area contributed by atoms with Crippen molar-refractivity contribution < 1.29 is 17.4 Å². The van der Waals surface area contributed by atoms with Crippen LogP contribution in [0.5, 0.6) is 0 Å². The smallest absolute Gasteiger partial charge is 0.211 e. The minimum absolute atomic E-state index is 0.0442. The van der Waals surface area contributed by atoms with Gasteiger partial charge in [-0.3, -0.25) is 13.2 Å². The Morgan fingerprint density at radius 2 is 1.15 bits per heavy atom. The molecule has 1 spiro atoms. The van der Waals surface area contributed by atoms with Crippen LogP contribution < -0.4 is 0 Å². The summed E-state index contributed by atoms with van der Waals surface area (Å²) in [6.07, 6.45) is 0. The van der Waals surface area contributed by atoms with E-state index >= 15 is 0 Å². The summed E-state index contributed by atoms with van der Waals surface area (Å²) < 4.78 is 32.6. The third-order valence-corrected chi connectivity index (χ3v) is 11.5. The van der Waals surface area contributed by atoms with E-state index in [0.717, 1.165) is 0 Å². The molecule has 6 heteroatoms. The Morgan fingerprint density at radius 3 is 1.56 bits per heavy atom. The Balaban J connectivity index is 2.03. The second-order valence-electron chi connectivity index (χ2n) is 8.13. The number of carbonyl (C=O) groups is 1. The van der Waals surface area contributed by atoms with E-state index in [4.69, 9.17) is 4.18 Å². The van der Waals surface area contributed by atoms with Gasteiger partial charge in [0.25, 0.3) is 0 Å². The molecule has 1 heterocycles. The first-order valence-corrected chi connectivity index (χ1v) is 11.1. The van der Waals surface area contributed by atoms with E-state index < -0.39 is 41.7 Å². The summed E-state index contributed by atoms with van der Waals surface area (Å²) in [7, 11) is -1.77. The van der Waals surface area contributed by atoms with E-state index in [2.05, 4.69) is 0 Å². The lowest BCUT2D eigenvalue weighted by atomic mass is 9.53. The van der Waals surface area contributed by atoms with Crippen LogP contribution in [0.2, 0.25) is 0 Å². The molecule has 2 atom stereocenters. The van der Waals surface area contributed by atoms with E-state index in [9.17, 15) is 13.2 Å². The second-order valence-corrected chi connectivity index (χ2v) is 11.4. The number of Topliss-reactive ketones (excluding diaryl/α,β-unsaturated/α-hetero) is 1. The van der Waals surface area contributed by atoms with Gasteiger partial charge in [-0.05, 0) is 0 Å². The maximum atomic E-state index is 14.3.